The van der Waals surface area contributed by atoms with E-state index in [2.05, 4.69) is 27.2 Å². The van der Waals surface area contributed by atoms with E-state index >= 15 is 0 Å². The van der Waals surface area contributed by atoms with Gasteiger partial charge in [0.05, 0.1) is 0 Å². The Bertz CT molecular complexity index is 713. The van der Waals surface area contributed by atoms with Crippen molar-refractivity contribution in [3.63, 3.8) is 0 Å². The maximum atomic E-state index is 5.93. The fourth-order valence-corrected chi connectivity index (χ4v) is 3.05. The molecule has 3 aromatic rings. The minimum Gasteiger partial charge on any atom is -0.414 e. The van der Waals surface area contributed by atoms with Gasteiger partial charge in [0.2, 0.25) is 5.89 Å². The van der Waals surface area contributed by atoms with E-state index in [1.165, 1.54) is 11.9 Å². The Balaban J connectivity index is 1.68. The van der Waals surface area contributed by atoms with Gasteiger partial charge in [0.1, 0.15) is 19.2 Å². The first-order valence-electron chi connectivity index (χ1n) is 6.81. The van der Waals surface area contributed by atoms with Crippen molar-refractivity contribution in [3.05, 3.63) is 53.4 Å². The van der Waals surface area contributed by atoms with Gasteiger partial charge in [-0.05, 0) is 24.1 Å². The third kappa shape index (κ3) is 3.66. The van der Waals surface area contributed by atoms with E-state index in [-0.39, 0.29) is 5.25 Å². The highest BCUT2D eigenvalue weighted by molar-refractivity contribution is 7.99. The van der Waals surface area contributed by atoms with E-state index < -0.39 is 0 Å². The molecule has 0 unspecified atom stereocenters. The van der Waals surface area contributed by atoms with E-state index in [1.807, 2.05) is 24.3 Å². The molecule has 22 heavy (non-hydrogen) atoms. The quantitative estimate of drug-likeness (QED) is 0.641. The maximum absolute atomic E-state index is 5.93. The van der Waals surface area contributed by atoms with Crippen molar-refractivity contribution in [1.82, 2.24) is 25.0 Å². The molecule has 0 radical (unpaired) electrons. The molecule has 1 atom stereocenters. The lowest BCUT2D eigenvalue weighted by atomic mass is 10.1. The summed E-state index contributed by atoms with van der Waals surface area (Å²) in [5.41, 5.74) is 1.19. The third-order valence-electron chi connectivity index (χ3n) is 3.07. The molecule has 0 saturated carbocycles. The van der Waals surface area contributed by atoms with Crippen molar-refractivity contribution < 1.29 is 4.42 Å². The molecular weight excluding hydrogens is 322 g/mol. The van der Waals surface area contributed by atoms with Gasteiger partial charge in [0.25, 0.3) is 5.22 Å². The van der Waals surface area contributed by atoms with Gasteiger partial charge in [-0.15, -0.1) is 10.2 Å². The average Bonchev–Trinajstić information content (AvgIpc) is 3.18. The topological polar surface area (TPSA) is 69.6 Å². The predicted octanol–water partition coefficient (Wildman–Crippen LogP) is 3.61. The first kappa shape index (κ1) is 15.1. The van der Waals surface area contributed by atoms with E-state index in [0.29, 0.717) is 17.7 Å². The Morgan fingerprint density at radius 3 is 2.77 bits per heavy atom. The zero-order valence-corrected chi connectivity index (χ0v) is 13.5. The molecule has 2 aromatic heterocycles. The van der Waals surface area contributed by atoms with Crippen LogP contribution in [-0.4, -0.2) is 25.0 Å². The van der Waals surface area contributed by atoms with Crippen molar-refractivity contribution in [2.45, 2.75) is 30.4 Å². The van der Waals surface area contributed by atoms with Gasteiger partial charge in [-0.25, -0.2) is 9.67 Å². The van der Waals surface area contributed by atoms with E-state index in [4.69, 9.17) is 16.0 Å². The molecule has 0 fully saturated rings. The zero-order chi connectivity index (χ0) is 15.4. The first-order chi connectivity index (χ1) is 10.7. The molecule has 8 heteroatoms. The number of hydrogen-bond acceptors (Lipinski definition) is 6. The summed E-state index contributed by atoms with van der Waals surface area (Å²) in [4.78, 5) is 3.88. The highest BCUT2D eigenvalue weighted by atomic mass is 35.5. The van der Waals surface area contributed by atoms with Crippen LogP contribution in [0.2, 0.25) is 5.02 Å². The van der Waals surface area contributed by atoms with Gasteiger partial charge in [0.15, 0.2) is 0 Å². The van der Waals surface area contributed by atoms with Gasteiger partial charge >= 0.3 is 0 Å². The van der Waals surface area contributed by atoms with Crippen LogP contribution in [-0.2, 0) is 6.54 Å². The molecule has 0 spiro atoms. The first-order valence-corrected chi connectivity index (χ1v) is 8.07. The lowest BCUT2D eigenvalue weighted by Crippen LogP contribution is -1.99. The van der Waals surface area contributed by atoms with Gasteiger partial charge in [0, 0.05) is 10.3 Å². The highest BCUT2D eigenvalue weighted by Gasteiger charge is 2.16. The molecule has 0 aliphatic rings. The number of benzene rings is 1. The van der Waals surface area contributed by atoms with Crippen LogP contribution in [0.5, 0.6) is 0 Å². The lowest BCUT2D eigenvalue weighted by Gasteiger charge is -2.12. The minimum absolute atomic E-state index is 0.247. The Labute approximate surface area is 136 Å². The zero-order valence-electron chi connectivity index (χ0n) is 11.9. The average molecular weight is 336 g/mol. The number of rotatable bonds is 6. The molecule has 2 heterocycles. The van der Waals surface area contributed by atoms with Crippen LogP contribution in [0.3, 0.4) is 0 Å². The summed E-state index contributed by atoms with van der Waals surface area (Å²) < 4.78 is 7.30. The van der Waals surface area contributed by atoms with Gasteiger partial charge in [-0.1, -0.05) is 42.4 Å². The van der Waals surface area contributed by atoms with Gasteiger partial charge in [-0.2, -0.15) is 5.10 Å². The number of aromatic nitrogens is 5. The fourth-order valence-electron chi connectivity index (χ4n) is 1.99. The van der Waals surface area contributed by atoms with Gasteiger partial charge < -0.3 is 4.42 Å². The summed E-state index contributed by atoms with van der Waals surface area (Å²) in [6.45, 7) is 2.55. The number of thioether (sulfide) groups is 1. The largest absolute Gasteiger partial charge is 0.414 e. The highest BCUT2D eigenvalue weighted by Crippen LogP contribution is 2.37. The van der Waals surface area contributed by atoms with Crippen molar-refractivity contribution in [2.75, 3.05) is 0 Å². The summed E-state index contributed by atoms with van der Waals surface area (Å²) in [6.07, 6.45) is 4.03. The molecule has 114 valence electrons. The molecule has 0 bridgehead atoms. The van der Waals surface area contributed by atoms with Crippen molar-refractivity contribution in [3.8, 4) is 0 Å². The SMILES string of the molecule is CC[C@@H](Sc1nnc(Cn2cncn2)o1)c1ccc(Cl)cc1. The number of halogens is 1. The van der Waals surface area contributed by atoms with Crippen LogP contribution in [0, 0.1) is 0 Å². The van der Waals surface area contributed by atoms with Crippen LogP contribution in [0.4, 0.5) is 0 Å². The standard InChI is InChI=1S/C14H14ClN5OS/c1-2-12(10-3-5-11(15)6-4-10)22-14-19-18-13(21-14)7-20-9-16-8-17-20/h3-6,8-9,12H,2,7H2,1H3/t12-/m1/s1. The second-order valence-electron chi connectivity index (χ2n) is 4.62. The molecule has 0 aliphatic heterocycles. The summed E-state index contributed by atoms with van der Waals surface area (Å²) in [6, 6.07) is 7.83. The van der Waals surface area contributed by atoms with E-state index in [9.17, 15) is 0 Å². The summed E-state index contributed by atoms with van der Waals surface area (Å²) in [5.74, 6) is 0.513. The molecule has 0 aliphatic carbocycles. The van der Waals surface area contributed by atoms with Crippen LogP contribution >= 0.6 is 23.4 Å². The lowest BCUT2D eigenvalue weighted by molar-refractivity contribution is 0.397. The number of nitrogens with zero attached hydrogens (tertiary/aromatic N) is 5. The molecule has 1 aromatic carbocycles. The second-order valence-corrected chi connectivity index (χ2v) is 6.21. The smallest absolute Gasteiger partial charge is 0.277 e. The minimum atomic E-state index is 0.247. The summed E-state index contributed by atoms with van der Waals surface area (Å²) in [7, 11) is 0. The Morgan fingerprint density at radius 2 is 2.09 bits per heavy atom. The molecular formula is C14H14ClN5OS. The van der Waals surface area contributed by atoms with E-state index in [0.717, 1.165) is 11.4 Å². The Kier molecular flexibility index (Phi) is 4.74. The number of hydrogen-bond donors (Lipinski definition) is 0. The van der Waals surface area contributed by atoms with Crippen molar-refractivity contribution in [2.24, 2.45) is 0 Å². The van der Waals surface area contributed by atoms with Crippen LogP contribution in [0.1, 0.15) is 30.0 Å². The molecule has 0 saturated heterocycles. The normalized spacial score (nSPS) is 12.5. The summed E-state index contributed by atoms with van der Waals surface area (Å²) >= 11 is 7.48. The van der Waals surface area contributed by atoms with Crippen LogP contribution < -0.4 is 0 Å². The fraction of sp³-hybridized carbons (Fsp3) is 0.286. The predicted molar refractivity (Wildman–Crippen MR) is 83.8 cm³/mol. The second kappa shape index (κ2) is 6.93. The molecule has 6 nitrogen and oxygen atoms in total. The monoisotopic (exact) mass is 335 g/mol. The summed E-state index contributed by atoms with van der Waals surface area (Å²) in [5, 5.41) is 13.7. The van der Waals surface area contributed by atoms with Crippen LogP contribution in [0.25, 0.3) is 0 Å². The third-order valence-corrected chi connectivity index (χ3v) is 4.58. The van der Waals surface area contributed by atoms with Crippen LogP contribution in [0.15, 0.2) is 46.6 Å². The Hall–Kier alpha value is -1.86. The maximum Gasteiger partial charge on any atom is 0.277 e. The Morgan fingerprint density at radius 1 is 1.27 bits per heavy atom. The van der Waals surface area contributed by atoms with Crippen molar-refractivity contribution >= 4 is 23.4 Å². The van der Waals surface area contributed by atoms with Crippen molar-refractivity contribution in [1.29, 1.82) is 0 Å². The van der Waals surface area contributed by atoms with Gasteiger partial charge in [-0.3, -0.25) is 0 Å². The molecule has 3 rings (SSSR count). The van der Waals surface area contributed by atoms with E-state index in [1.54, 1.807) is 22.8 Å². The molecule has 0 amide bonds. The molecule has 0 N–H and O–H groups in total.